The van der Waals surface area contributed by atoms with Crippen LogP contribution in [0.25, 0.3) is 5.65 Å². The molecule has 88 valence electrons. The van der Waals surface area contributed by atoms with Gasteiger partial charge in [0, 0.05) is 10.7 Å². The quantitative estimate of drug-likeness (QED) is 0.848. The number of aryl methyl sites for hydroxylation is 1. The highest BCUT2D eigenvalue weighted by Crippen LogP contribution is 2.25. The molecule has 0 saturated carbocycles. The predicted molar refractivity (Wildman–Crippen MR) is 71.0 cm³/mol. The predicted octanol–water partition coefficient (Wildman–Crippen LogP) is 3.59. The van der Waals surface area contributed by atoms with Crippen molar-refractivity contribution in [1.82, 2.24) is 9.38 Å². The minimum Gasteiger partial charge on any atom is -0.301 e. The molecule has 0 amide bonds. The summed E-state index contributed by atoms with van der Waals surface area (Å²) in [6.07, 6.45) is 2.37. The lowest BCUT2D eigenvalue weighted by atomic mass is 10.1. The molecule has 0 aromatic carbocycles. The molecule has 3 nitrogen and oxygen atoms in total. The third-order valence-electron chi connectivity index (χ3n) is 2.79. The summed E-state index contributed by atoms with van der Waals surface area (Å²) in [6, 6.07) is 4.26. The van der Waals surface area contributed by atoms with E-state index in [1.165, 1.54) is 0 Å². The zero-order chi connectivity index (χ0) is 12.6. The van der Waals surface area contributed by atoms with E-state index in [0.29, 0.717) is 12.3 Å². The first-order chi connectivity index (χ1) is 8.04. The van der Waals surface area contributed by atoms with Crippen molar-refractivity contribution in [2.24, 2.45) is 0 Å². The molecule has 4 heteroatoms. The number of nitrogens with zero attached hydrogens (tertiary/aromatic N) is 3. The van der Waals surface area contributed by atoms with Gasteiger partial charge in [0.2, 0.25) is 0 Å². The Hall–Kier alpha value is -1.34. The van der Waals surface area contributed by atoms with Crippen molar-refractivity contribution in [2.45, 2.75) is 33.1 Å². The van der Waals surface area contributed by atoms with Crippen LogP contribution >= 0.6 is 15.9 Å². The lowest BCUT2D eigenvalue weighted by Crippen LogP contribution is -1.97. The maximum absolute atomic E-state index is 8.94. The van der Waals surface area contributed by atoms with Gasteiger partial charge in [-0.25, -0.2) is 4.98 Å². The first-order valence-corrected chi connectivity index (χ1v) is 6.37. The van der Waals surface area contributed by atoms with Gasteiger partial charge in [0.15, 0.2) is 0 Å². The summed E-state index contributed by atoms with van der Waals surface area (Å²) < 4.78 is 3.03. The lowest BCUT2D eigenvalue weighted by molar-refractivity contribution is 0.814. The Kier molecular flexibility index (Phi) is 3.21. The topological polar surface area (TPSA) is 41.1 Å². The zero-order valence-corrected chi connectivity index (χ0v) is 11.7. The molecule has 0 aliphatic rings. The van der Waals surface area contributed by atoms with Crippen LogP contribution in [0.2, 0.25) is 0 Å². The van der Waals surface area contributed by atoms with Gasteiger partial charge in [-0.1, -0.05) is 13.8 Å². The Labute approximate surface area is 109 Å². The Morgan fingerprint density at radius 3 is 2.82 bits per heavy atom. The summed E-state index contributed by atoms with van der Waals surface area (Å²) in [7, 11) is 0. The molecule has 0 spiro atoms. The normalized spacial score (nSPS) is 11.1. The van der Waals surface area contributed by atoms with E-state index in [-0.39, 0.29) is 0 Å². The summed E-state index contributed by atoms with van der Waals surface area (Å²) in [5, 5.41) is 8.94. The monoisotopic (exact) mass is 291 g/mol. The van der Waals surface area contributed by atoms with Crippen molar-refractivity contribution < 1.29 is 0 Å². The van der Waals surface area contributed by atoms with E-state index in [4.69, 9.17) is 5.26 Å². The fourth-order valence-electron chi connectivity index (χ4n) is 2.05. The van der Waals surface area contributed by atoms with Gasteiger partial charge in [-0.05, 0) is 40.4 Å². The SMILES string of the molecule is Cc1cc(Br)cn2c(CC#N)c(C(C)C)nc12. The van der Waals surface area contributed by atoms with Crippen LogP contribution in [0.3, 0.4) is 0 Å². The average molecular weight is 292 g/mol. The van der Waals surface area contributed by atoms with Crippen molar-refractivity contribution in [3.63, 3.8) is 0 Å². The van der Waals surface area contributed by atoms with Crippen molar-refractivity contribution in [1.29, 1.82) is 5.26 Å². The fourth-order valence-corrected chi connectivity index (χ4v) is 2.59. The van der Waals surface area contributed by atoms with E-state index >= 15 is 0 Å². The summed E-state index contributed by atoms with van der Waals surface area (Å²) >= 11 is 3.48. The third-order valence-corrected chi connectivity index (χ3v) is 3.23. The summed E-state index contributed by atoms with van der Waals surface area (Å²) in [5.41, 5.74) is 4.09. The number of hydrogen-bond donors (Lipinski definition) is 0. The second-order valence-corrected chi connectivity index (χ2v) is 5.38. The van der Waals surface area contributed by atoms with E-state index in [2.05, 4.69) is 40.8 Å². The van der Waals surface area contributed by atoms with Crippen molar-refractivity contribution in [2.75, 3.05) is 0 Å². The minimum absolute atomic E-state index is 0.330. The van der Waals surface area contributed by atoms with Gasteiger partial charge < -0.3 is 4.40 Å². The highest BCUT2D eigenvalue weighted by Gasteiger charge is 2.16. The Balaban J connectivity index is 2.81. The van der Waals surface area contributed by atoms with E-state index in [1.807, 2.05) is 23.6 Å². The Bertz CT molecular complexity index is 605. The van der Waals surface area contributed by atoms with Crippen LogP contribution in [0, 0.1) is 18.3 Å². The number of rotatable bonds is 2. The van der Waals surface area contributed by atoms with Gasteiger partial charge in [0.25, 0.3) is 0 Å². The van der Waals surface area contributed by atoms with Gasteiger partial charge >= 0.3 is 0 Å². The molecular formula is C13H14BrN3. The van der Waals surface area contributed by atoms with Gasteiger partial charge in [-0.2, -0.15) is 5.26 Å². The average Bonchev–Trinajstić information content (AvgIpc) is 2.58. The number of pyridine rings is 1. The Morgan fingerprint density at radius 1 is 1.53 bits per heavy atom. The first-order valence-electron chi connectivity index (χ1n) is 5.58. The van der Waals surface area contributed by atoms with Crippen molar-refractivity contribution in [3.05, 3.63) is 33.7 Å². The number of hydrogen-bond acceptors (Lipinski definition) is 2. The van der Waals surface area contributed by atoms with E-state index in [0.717, 1.165) is 27.1 Å². The highest BCUT2D eigenvalue weighted by atomic mass is 79.9. The summed E-state index contributed by atoms with van der Waals surface area (Å²) in [5.74, 6) is 0.330. The molecule has 0 radical (unpaired) electrons. The zero-order valence-electron chi connectivity index (χ0n) is 10.2. The summed E-state index contributed by atoms with van der Waals surface area (Å²) in [4.78, 5) is 4.66. The van der Waals surface area contributed by atoms with Crippen LogP contribution in [0.1, 0.15) is 36.7 Å². The van der Waals surface area contributed by atoms with Crippen molar-refractivity contribution in [3.8, 4) is 6.07 Å². The molecule has 0 bridgehead atoms. The van der Waals surface area contributed by atoms with Gasteiger partial charge in [-0.15, -0.1) is 0 Å². The molecular weight excluding hydrogens is 278 g/mol. The van der Waals surface area contributed by atoms with Gasteiger partial charge in [0.05, 0.1) is 23.9 Å². The largest absolute Gasteiger partial charge is 0.301 e. The first kappa shape index (κ1) is 12.1. The minimum atomic E-state index is 0.330. The summed E-state index contributed by atoms with van der Waals surface area (Å²) in [6.45, 7) is 6.24. The highest BCUT2D eigenvalue weighted by molar-refractivity contribution is 9.10. The van der Waals surface area contributed by atoms with Gasteiger partial charge in [-0.3, -0.25) is 0 Å². The molecule has 17 heavy (non-hydrogen) atoms. The molecule has 2 aromatic heterocycles. The molecule has 0 aliphatic heterocycles. The maximum atomic E-state index is 8.94. The number of aromatic nitrogens is 2. The molecule has 0 saturated heterocycles. The maximum Gasteiger partial charge on any atom is 0.140 e. The van der Waals surface area contributed by atoms with E-state index < -0.39 is 0 Å². The number of halogens is 1. The molecule has 2 aromatic rings. The van der Waals surface area contributed by atoms with Crippen LogP contribution in [-0.2, 0) is 6.42 Å². The molecule has 2 rings (SSSR count). The fraction of sp³-hybridized carbons (Fsp3) is 0.385. The molecule has 0 fully saturated rings. The standard InChI is InChI=1S/C13H14BrN3/c1-8(2)12-11(4-5-15)17-7-10(14)6-9(3)13(17)16-12/h6-8H,4H2,1-3H3. The number of nitriles is 1. The van der Waals surface area contributed by atoms with Crippen LogP contribution in [-0.4, -0.2) is 9.38 Å². The van der Waals surface area contributed by atoms with Gasteiger partial charge in [0.1, 0.15) is 5.65 Å². The molecule has 2 heterocycles. The van der Waals surface area contributed by atoms with E-state index in [1.54, 1.807) is 0 Å². The second-order valence-electron chi connectivity index (χ2n) is 4.47. The van der Waals surface area contributed by atoms with Crippen LogP contribution in [0.5, 0.6) is 0 Å². The molecule has 0 unspecified atom stereocenters. The smallest absolute Gasteiger partial charge is 0.140 e. The molecule has 0 N–H and O–H groups in total. The number of imidazole rings is 1. The Morgan fingerprint density at radius 2 is 2.24 bits per heavy atom. The third kappa shape index (κ3) is 2.07. The van der Waals surface area contributed by atoms with Crippen LogP contribution in [0.4, 0.5) is 0 Å². The lowest BCUT2D eigenvalue weighted by Gasteiger charge is -2.04. The van der Waals surface area contributed by atoms with Crippen molar-refractivity contribution >= 4 is 21.6 Å². The number of fused-ring (bicyclic) bond motifs is 1. The molecule has 0 atom stereocenters. The van der Waals surface area contributed by atoms with E-state index in [9.17, 15) is 0 Å². The molecule has 0 aliphatic carbocycles. The second kappa shape index (κ2) is 4.50. The van der Waals surface area contributed by atoms with Crippen LogP contribution in [0.15, 0.2) is 16.7 Å². The van der Waals surface area contributed by atoms with Crippen LogP contribution < -0.4 is 0 Å².